The summed E-state index contributed by atoms with van der Waals surface area (Å²) in [5.74, 6) is 1.42. The number of amides is 1. The zero-order valence-corrected chi connectivity index (χ0v) is 14.2. The van der Waals surface area contributed by atoms with Crippen LogP contribution in [0.3, 0.4) is 0 Å². The van der Waals surface area contributed by atoms with E-state index in [0.717, 1.165) is 22.4 Å². The zero-order chi connectivity index (χ0) is 16.9. The van der Waals surface area contributed by atoms with Crippen molar-refractivity contribution in [3.63, 3.8) is 0 Å². The molecular weight excluding hydrogens is 298 g/mol. The highest BCUT2D eigenvalue weighted by Gasteiger charge is 2.12. The molecule has 124 valence electrons. The molecule has 0 aliphatic rings. The molecule has 0 aliphatic carbocycles. The number of rotatable bonds is 6. The number of nitrogens with zero attached hydrogens (tertiary/aromatic N) is 2. The zero-order valence-electron chi connectivity index (χ0n) is 14.2. The summed E-state index contributed by atoms with van der Waals surface area (Å²) in [6.45, 7) is 5.41. The van der Waals surface area contributed by atoms with Gasteiger partial charge in [-0.25, -0.2) is 4.98 Å². The van der Waals surface area contributed by atoms with Crippen LogP contribution in [0.2, 0.25) is 0 Å². The molecule has 1 aromatic heterocycles. The van der Waals surface area contributed by atoms with Gasteiger partial charge in [-0.05, 0) is 18.1 Å². The Bertz CT molecular complexity index is 821. The molecule has 0 radical (unpaired) electrons. The third kappa shape index (κ3) is 3.65. The van der Waals surface area contributed by atoms with E-state index in [2.05, 4.69) is 41.9 Å². The van der Waals surface area contributed by atoms with Crippen LogP contribution in [0.5, 0.6) is 0 Å². The lowest BCUT2D eigenvalue weighted by Crippen LogP contribution is -2.28. The molecule has 0 bridgehead atoms. The lowest BCUT2D eigenvalue weighted by atomic mass is 10.1. The topological polar surface area (TPSA) is 46.9 Å². The number of hydrogen-bond donors (Lipinski definition) is 1. The van der Waals surface area contributed by atoms with E-state index in [1.165, 1.54) is 0 Å². The Morgan fingerprint density at radius 1 is 1.08 bits per heavy atom. The third-order valence-electron chi connectivity index (χ3n) is 3.94. The van der Waals surface area contributed by atoms with Crippen LogP contribution in [0.25, 0.3) is 22.4 Å². The largest absolute Gasteiger partial charge is 0.354 e. The van der Waals surface area contributed by atoms with Crippen molar-refractivity contribution in [1.29, 1.82) is 0 Å². The minimum absolute atomic E-state index is 0.107. The monoisotopic (exact) mass is 321 g/mol. The van der Waals surface area contributed by atoms with Gasteiger partial charge in [-0.2, -0.15) is 0 Å². The molecule has 4 heteroatoms. The summed E-state index contributed by atoms with van der Waals surface area (Å²) in [6, 6.07) is 18.3. The van der Waals surface area contributed by atoms with Gasteiger partial charge in [0.05, 0.1) is 11.0 Å². The Labute approximate surface area is 142 Å². The molecule has 2 aromatic carbocycles. The molecule has 3 rings (SSSR count). The van der Waals surface area contributed by atoms with Gasteiger partial charge in [0.15, 0.2) is 0 Å². The predicted octanol–water partition coefficient (Wildman–Crippen LogP) is 3.87. The van der Waals surface area contributed by atoms with E-state index in [1.807, 2.05) is 36.4 Å². The minimum atomic E-state index is 0.107. The van der Waals surface area contributed by atoms with Crippen LogP contribution >= 0.6 is 0 Å². The first-order chi connectivity index (χ1) is 11.6. The summed E-state index contributed by atoms with van der Waals surface area (Å²) in [4.78, 5) is 16.6. The summed E-state index contributed by atoms with van der Waals surface area (Å²) < 4.78 is 2.18. The first-order valence-corrected chi connectivity index (χ1v) is 8.42. The Morgan fingerprint density at radius 2 is 1.79 bits per heavy atom. The summed E-state index contributed by atoms with van der Waals surface area (Å²) in [6.07, 6.45) is 0.566. The molecule has 0 aliphatic heterocycles. The lowest BCUT2D eigenvalue weighted by Gasteiger charge is -2.11. The van der Waals surface area contributed by atoms with Crippen molar-refractivity contribution in [1.82, 2.24) is 14.9 Å². The van der Waals surface area contributed by atoms with Crippen LogP contribution in [0.1, 0.15) is 20.3 Å². The number of carbonyl (C=O) groups excluding carboxylic acids is 1. The minimum Gasteiger partial charge on any atom is -0.354 e. The number of fused-ring (bicyclic) bond motifs is 1. The third-order valence-corrected chi connectivity index (χ3v) is 3.94. The summed E-state index contributed by atoms with van der Waals surface area (Å²) in [5.41, 5.74) is 3.15. The molecule has 3 aromatic rings. The molecule has 1 amide bonds. The number of carbonyl (C=O) groups is 1. The Kier molecular flexibility index (Phi) is 4.94. The van der Waals surface area contributed by atoms with Crippen LogP contribution in [-0.2, 0) is 11.3 Å². The molecule has 0 saturated carbocycles. The number of benzene rings is 2. The average Bonchev–Trinajstić information content (AvgIpc) is 2.94. The lowest BCUT2D eigenvalue weighted by molar-refractivity contribution is -0.121. The molecule has 24 heavy (non-hydrogen) atoms. The maximum atomic E-state index is 11.9. The molecule has 0 atom stereocenters. The van der Waals surface area contributed by atoms with E-state index in [4.69, 9.17) is 4.98 Å². The Balaban J connectivity index is 1.84. The first-order valence-electron chi connectivity index (χ1n) is 8.42. The summed E-state index contributed by atoms with van der Waals surface area (Å²) in [5, 5.41) is 3.01. The normalized spacial score (nSPS) is 11.1. The smallest absolute Gasteiger partial charge is 0.220 e. The maximum absolute atomic E-state index is 11.9. The van der Waals surface area contributed by atoms with Gasteiger partial charge >= 0.3 is 0 Å². The highest BCUT2D eigenvalue weighted by atomic mass is 16.1. The van der Waals surface area contributed by atoms with Gasteiger partial charge in [0.1, 0.15) is 5.82 Å². The summed E-state index contributed by atoms with van der Waals surface area (Å²) >= 11 is 0. The Hall–Kier alpha value is -2.62. The van der Waals surface area contributed by atoms with Crippen molar-refractivity contribution in [3.8, 4) is 11.4 Å². The fraction of sp³-hybridized carbons (Fsp3) is 0.300. The first kappa shape index (κ1) is 16.2. The van der Waals surface area contributed by atoms with E-state index in [0.29, 0.717) is 25.4 Å². The van der Waals surface area contributed by atoms with Crippen molar-refractivity contribution >= 4 is 16.9 Å². The van der Waals surface area contributed by atoms with Gasteiger partial charge in [-0.15, -0.1) is 0 Å². The molecule has 0 saturated heterocycles. The van der Waals surface area contributed by atoms with Gasteiger partial charge in [0.25, 0.3) is 0 Å². The predicted molar refractivity (Wildman–Crippen MR) is 97.6 cm³/mol. The molecular formula is C20H23N3O. The SMILES string of the molecule is CC(C)CC(=O)NCCn1c(-c2ccccc2)nc2ccccc21. The van der Waals surface area contributed by atoms with E-state index >= 15 is 0 Å². The van der Waals surface area contributed by atoms with Crippen molar-refractivity contribution < 1.29 is 4.79 Å². The van der Waals surface area contributed by atoms with E-state index in [1.54, 1.807) is 0 Å². The number of nitrogens with one attached hydrogen (secondary N) is 1. The number of hydrogen-bond acceptors (Lipinski definition) is 2. The Morgan fingerprint density at radius 3 is 2.54 bits per heavy atom. The molecule has 1 N–H and O–H groups in total. The average molecular weight is 321 g/mol. The number of para-hydroxylation sites is 2. The highest BCUT2D eigenvalue weighted by molar-refractivity contribution is 5.80. The number of aromatic nitrogens is 2. The van der Waals surface area contributed by atoms with Gasteiger partial charge < -0.3 is 9.88 Å². The summed E-state index contributed by atoms with van der Waals surface area (Å²) in [7, 11) is 0. The molecule has 0 spiro atoms. The van der Waals surface area contributed by atoms with Gasteiger partial charge in [-0.1, -0.05) is 56.3 Å². The van der Waals surface area contributed by atoms with E-state index in [-0.39, 0.29) is 5.91 Å². The van der Waals surface area contributed by atoms with Crippen molar-refractivity contribution in [2.45, 2.75) is 26.8 Å². The van der Waals surface area contributed by atoms with Gasteiger partial charge in [-0.3, -0.25) is 4.79 Å². The van der Waals surface area contributed by atoms with Crippen molar-refractivity contribution in [2.24, 2.45) is 5.92 Å². The number of imidazole rings is 1. The van der Waals surface area contributed by atoms with Crippen LogP contribution < -0.4 is 5.32 Å². The fourth-order valence-electron chi connectivity index (χ4n) is 2.86. The van der Waals surface area contributed by atoms with Crippen LogP contribution in [0, 0.1) is 5.92 Å². The second-order valence-corrected chi connectivity index (χ2v) is 6.39. The van der Waals surface area contributed by atoms with Gasteiger partial charge in [0.2, 0.25) is 5.91 Å². The molecule has 4 nitrogen and oxygen atoms in total. The molecule has 1 heterocycles. The van der Waals surface area contributed by atoms with E-state index < -0.39 is 0 Å². The molecule has 0 fully saturated rings. The maximum Gasteiger partial charge on any atom is 0.220 e. The highest BCUT2D eigenvalue weighted by Crippen LogP contribution is 2.24. The van der Waals surface area contributed by atoms with Crippen LogP contribution in [-0.4, -0.2) is 22.0 Å². The standard InChI is InChI=1S/C20H23N3O/c1-15(2)14-19(24)21-12-13-23-18-11-7-6-10-17(18)22-20(23)16-8-4-3-5-9-16/h3-11,15H,12-14H2,1-2H3,(H,21,24). The molecule has 0 unspecified atom stereocenters. The van der Waals surface area contributed by atoms with Gasteiger partial charge in [0, 0.05) is 25.1 Å². The van der Waals surface area contributed by atoms with E-state index in [9.17, 15) is 4.79 Å². The van der Waals surface area contributed by atoms with Crippen molar-refractivity contribution in [2.75, 3.05) is 6.54 Å². The second-order valence-electron chi connectivity index (χ2n) is 6.39. The fourth-order valence-corrected chi connectivity index (χ4v) is 2.86. The quantitative estimate of drug-likeness (QED) is 0.749. The second kappa shape index (κ2) is 7.30. The van der Waals surface area contributed by atoms with Crippen LogP contribution in [0.15, 0.2) is 54.6 Å². The van der Waals surface area contributed by atoms with Crippen LogP contribution in [0.4, 0.5) is 0 Å². The van der Waals surface area contributed by atoms with Crippen molar-refractivity contribution in [3.05, 3.63) is 54.6 Å².